The molecule has 0 aromatic heterocycles. The van der Waals surface area contributed by atoms with Crippen molar-refractivity contribution in [2.75, 3.05) is 6.54 Å². The van der Waals surface area contributed by atoms with Gasteiger partial charge in [0, 0.05) is 23.7 Å². The standard InChI is InChI=1S/C12H14ClNO2/c1-9(12(15)16)5-6-14-8-10-3-2-4-11(13)7-10/h2-5,7,14H,6,8H2,1H3,(H,15,16)/b9-5-. The molecule has 1 rings (SSSR count). The lowest BCUT2D eigenvalue weighted by molar-refractivity contribution is -0.132. The zero-order valence-electron chi connectivity index (χ0n) is 9.03. The van der Waals surface area contributed by atoms with E-state index in [0.717, 1.165) is 5.56 Å². The van der Waals surface area contributed by atoms with Crippen LogP contribution >= 0.6 is 11.6 Å². The van der Waals surface area contributed by atoms with Crippen LogP contribution in [-0.4, -0.2) is 17.6 Å². The van der Waals surface area contributed by atoms with Gasteiger partial charge in [0.05, 0.1) is 0 Å². The van der Waals surface area contributed by atoms with Crippen LogP contribution in [0.25, 0.3) is 0 Å². The van der Waals surface area contributed by atoms with Crippen LogP contribution in [0, 0.1) is 0 Å². The molecule has 1 aromatic rings. The Kier molecular flexibility index (Phi) is 5.02. The van der Waals surface area contributed by atoms with E-state index in [-0.39, 0.29) is 0 Å². The average molecular weight is 240 g/mol. The number of rotatable bonds is 5. The topological polar surface area (TPSA) is 49.3 Å². The third-order valence-corrected chi connectivity index (χ3v) is 2.34. The molecule has 0 radical (unpaired) electrons. The van der Waals surface area contributed by atoms with Crippen molar-refractivity contribution in [1.82, 2.24) is 5.32 Å². The van der Waals surface area contributed by atoms with Gasteiger partial charge in [-0.3, -0.25) is 0 Å². The van der Waals surface area contributed by atoms with E-state index in [1.165, 1.54) is 0 Å². The number of hydrogen-bond acceptors (Lipinski definition) is 2. The van der Waals surface area contributed by atoms with E-state index in [4.69, 9.17) is 16.7 Å². The molecule has 16 heavy (non-hydrogen) atoms. The first-order valence-electron chi connectivity index (χ1n) is 4.95. The van der Waals surface area contributed by atoms with Crippen molar-refractivity contribution in [2.45, 2.75) is 13.5 Å². The van der Waals surface area contributed by atoms with Gasteiger partial charge in [0.2, 0.25) is 0 Å². The number of nitrogens with one attached hydrogen (secondary N) is 1. The van der Waals surface area contributed by atoms with E-state index in [1.807, 2.05) is 24.3 Å². The van der Waals surface area contributed by atoms with Gasteiger partial charge >= 0.3 is 5.97 Å². The number of benzene rings is 1. The van der Waals surface area contributed by atoms with Crippen LogP contribution in [-0.2, 0) is 11.3 Å². The predicted octanol–water partition coefficient (Wildman–Crippen LogP) is 2.46. The lowest BCUT2D eigenvalue weighted by Crippen LogP contribution is -2.14. The van der Waals surface area contributed by atoms with Crippen LogP contribution in [0.2, 0.25) is 5.02 Å². The smallest absolute Gasteiger partial charge is 0.330 e. The summed E-state index contributed by atoms with van der Waals surface area (Å²) in [5.74, 6) is -0.885. The van der Waals surface area contributed by atoms with Crippen LogP contribution < -0.4 is 5.32 Å². The molecule has 0 bridgehead atoms. The molecule has 3 nitrogen and oxygen atoms in total. The van der Waals surface area contributed by atoms with Crippen LogP contribution in [0.15, 0.2) is 35.9 Å². The highest BCUT2D eigenvalue weighted by Crippen LogP contribution is 2.10. The molecule has 0 aliphatic rings. The van der Waals surface area contributed by atoms with Crippen LogP contribution in [0.1, 0.15) is 12.5 Å². The number of hydrogen-bond donors (Lipinski definition) is 2. The Morgan fingerprint density at radius 2 is 2.31 bits per heavy atom. The van der Waals surface area contributed by atoms with Crippen LogP contribution in [0.3, 0.4) is 0 Å². The van der Waals surface area contributed by atoms with Crippen molar-refractivity contribution in [3.05, 3.63) is 46.5 Å². The first kappa shape index (κ1) is 12.7. The van der Waals surface area contributed by atoms with Gasteiger partial charge in [-0.1, -0.05) is 29.8 Å². The first-order valence-corrected chi connectivity index (χ1v) is 5.32. The van der Waals surface area contributed by atoms with Gasteiger partial charge in [-0.05, 0) is 24.6 Å². The Bertz CT molecular complexity index is 402. The van der Waals surface area contributed by atoms with Crippen molar-refractivity contribution in [3.63, 3.8) is 0 Å². The quantitative estimate of drug-likeness (QED) is 0.613. The number of halogens is 1. The summed E-state index contributed by atoms with van der Waals surface area (Å²) in [6.45, 7) is 2.78. The van der Waals surface area contributed by atoms with Crippen LogP contribution in [0.5, 0.6) is 0 Å². The van der Waals surface area contributed by atoms with Gasteiger partial charge < -0.3 is 10.4 Å². The molecule has 2 N–H and O–H groups in total. The van der Waals surface area contributed by atoms with E-state index in [2.05, 4.69) is 5.32 Å². The summed E-state index contributed by atoms with van der Waals surface area (Å²) in [6, 6.07) is 7.55. The lowest BCUT2D eigenvalue weighted by Gasteiger charge is -2.02. The first-order chi connectivity index (χ1) is 7.59. The Labute approximate surface area is 99.7 Å². The van der Waals surface area contributed by atoms with Crippen molar-refractivity contribution in [1.29, 1.82) is 0 Å². The Balaban J connectivity index is 2.36. The van der Waals surface area contributed by atoms with E-state index < -0.39 is 5.97 Å². The second kappa shape index (κ2) is 6.30. The molecule has 0 amide bonds. The van der Waals surface area contributed by atoms with Gasteiger partial charge in [0.15, 0.2) is 0 Å². The average Bonchev–Trinajstić information content (AvgIpc) is 2.24. The molecule has 4 heteroatoms. The summed E-state index contributed by atoms with van der Waals surface area (Å²) in [7, 11) is 0. The normalized spacial score (nSPS) is 11.5. The molecular formula is C12H14ClNO2. The van der Waals surface area contributed by atoms with E-state index in [1.54, 1.807) is 13.0 Å². The molecule has 0 fully saturated rings. The summed E-state index contributed by atoms with van der Waals surface area (Å²) in [4.78, 5) is 10.5. The van der Waals surface area contributed by atoms with Gasteiger partial charge in [0.25, 0.3) is 0 Å². The maximum atomic E-state index is 10.5. The number of aliphatic carboxylic acids is 1. The fraction of sp³-hybridized carbons (Fsp3) is 0.250. The highest BCUT2D eigenvalue weighted by atomic mass is 35.5. The van der Waals surface area contributed by atoms with Gasteiger partial charge in [-0.2, -0.15) is 0 Å². The minimum atomic E-state index is -0.885. The predicted molar refractivity (Wildman–Crippen MR) is 64.6 cm³/mol. The molecule has 0 spiro atoms. The summed E-state index contributed by atoms with van der Waals surface area (Å²) < 4.78 is 0. The maximum Gasteiger partial charge on any atom is 0.330 e. The van der Waals surface area contributed by atoms with Crippen LogP contribution in [0.4, 0.5) is 0 Å². The number of carboxylic acids is 1. The molecule has 0 heterocycles. The molecule has 0 aliphatic heterocycles. The lowest BCUT2D eigenvalue weighted by atomic mass is 10.2. The van der Waals surface area contributed by atoms with Crippen molar-refractivity contribution < 1.29 is 9.90 Å². The van der Waals surface area contributed by atoms with E-state index in [9.17, 15) is 4.79 Å². The molecule has 86 valence electrons. The second-order valence-electron chi connectivity index (χ2n) is 3.45. The molecule has 0 atom stereocenters. The number of carbonyl (C=O) groups is 1. The van der Waals surface area contributed by atoms with Crippen molar-refractivity contribution in [2.24, 2.45) is 0 Å². The molecular weight excluding hydrogens is 226 g/mol. The largest absolute Gasteiger partial charge is 0.478 e. The summed E-state index contributed by atoms with van der Waals surface area (Å²) in [5, 5.41) is 12.4. The van der Waals surface area contributed by atoms with Gasteiger partial charge in [-0.25, -0.2) is 4.79 Å². The Hall–Kier alpha value is -1.32. The van der Waals surface area contributed by atoms with Crippen molar-refractivity contribution in [3.8, 4) is 0 Å². The third-order valence-electron chi connectivity index (χ3n) is 2.11. The molecule has 0 aliphatic carbocycles. The maximum absolute atomic E-state index is 10.5. The third kappa shape index (κ3) is 4.47. The highest BCUT2D eigenvalue weighted by molar-refractivity contribution is 6.30. The minimum Gasteiger partial charge on any atom is -0.478 e. The minimum absolute atomic E-state index is 0.346. The Morgan fingerprint density at radius 3 is 2.94 bits per heavy atom. The molecule has 1 aromatic carbocycles. The fourth-order valence-electron chi connectivity index (χ4n) is 1.18. The van der Waals surface area contributed by atoms with E-state index in [0.29, 0.717) is 23.7 Å². The second-order valence-corrected chi connectivity index (χ2v) is 3.89. The Morgan fingerprint density at radius 1 is 1.56 bits per heavy atom. The fourth-order valence-corrected chi connectivity index (χ4v) is 1.39. The summed E-state index contributed by atoms with van der Waals surface area (Å²) in [5.41, 5.74) is 1.42. The van der Waals surface area contributed by atoms with Gasteiger partial charge in [-0.15, -0.1) is 0 Å². The zero-order chi connectivity index (χ0) is 12.0. The number of carboxylic acid groups (broad SMARTS) is 1. The molecule has 0 unspecified atom stereocenters. The molecule has 0 saturated heterocycles. The molecule has 0 saturated carbocycles. The summed E-state index contributed by atoms with van der Waals surface area (Å²) >= 11 is 5.83. The van der Waals surface area contributed by atoms with Crippen molar-refractivity contribution >= 4 is 17.6 Å². The SMILES string of the molecule is C/C(=C/CNCc1cccc(Cl)c1)C(=O)O. The zero-order valence-corrected chi connectivity index (χ0v) is 9.79. The highest BCUT2D eigenvalue weighted by Gasteiger charge is 1.98. The monoisotopic (exact) mass is 239 g/mol. The van der Waals surface area contributed by atoms with E-state index >= 15 is 0 Å². The van der Waals surface area contributed by atoms with Gasteiger partial charge in [0.1, 0.15) is 0 Å². The summed E-state index contributed by atoms with van der Waals surface area (Å²) in [6.07, 6.45) is 1.65.